The molecule has 0 spiro atoms. The molecule has 1 N–H and O–H groups in total. The van der Waals surface area contributed by atoms with Gasteiger partial charge in [-0.25, -0.2) is 0 Å². The number of fused-ring (bicyclic) bond motifs is 1. The third-order valence-corrected chi connectivity index (χ3v) is 6.83. The number of hydrogen-bond donors (Lipinski definition) is 1. The Hall–Kier alpha value is -3.69. The molecule has 1 saturated heterocycles. The number of nitrogens with zero attached hydrogens (tertiary/aromatic N) is 2. The summed E-state index contributed by atoms with van der Waals surface area (Å²) in [5.41, 5.74) is 4.12. The predicted molar refractivity (Wildman–Crippen MR) is 134 cm³/mol. The van der Waals surface area contributed by atoms with Crippen molar-refractivity contribution >= 4 is 52.2 Å². The number of carbonyl (C=O) groups excluding carboxylic acids is 3. The second kappa shape index (κ2) is 9.16. The lowest BCUT2D eigenvalue weighted by atomic mass is 10.2. The summed E-state index contributed by atoms with van der Waals surface area (Å²) in [6.45, 7) is 3.64. The second-order valence-electron chi connectivity index (χ2n) is 8.02. The van der Waals surface area contributed by atoms with Crippen LogP contribution in [0, 0.1) is 13.8 Å². The molecule has 2 aliphatic rings. The molecular formula is C25H20ClN3O5S. The van der Waals surface area contributed by atoms with Gasteiger partial charge in [0.1, 0.15) is 6.54 Å². The van der Waals surface area contributed by atoms with Crippen LogP contribution in [0.15, 0.2) is 53.4 Å². The normalized spacial score (nSPS) is 15.9. The highest BCUT2D eigenvalue weighted by molar-refractivity contribution is 8.18. The van der Waals surface area contributed by atoms with Gasteiger partial charge in [0.05, 0.1) is 4.91 Å². The van der Waals surface area contributed by atoms with Crippen molar-refractivity contribution in [2.75, 3.05) is 18.7 Å². The van der Waals surface area contributed by atoms with Gasteiger partial charge in [-0.15, -0.1) is 0 Å². The van der Waals surface area contributed by atoms with E-state index >= 15 is 0 Å². The molecule has 0 aliphatic carbocycles. The summed E-state index contributed by atoms with van der Waals surface area (Å²) in [4.78, 5) is 39.2. The molecule has 1 fully saturated rings. The van der Waals surface area contributed by atoms with Crippen LogP contribution in [-0.4, -0.2) is 39.9 Å². The molecule has 3 amide bonds. The standard InChI is InChI=1S/C25H20ClN3O5S/c1-14-9-16(15(2)29(14)19-6-3-17(26)4-7-19)10-22-24(31)28(25(32)35-22)12-23(30)27-18-5-8-20-21(11-18)34-13-33-20/h3-11H,12-13H2,1-2H3,(H,27,30)/b22-10+. The predicted octanol–water partition coefficient (Wildman–Crippen LogP) is 5.15. The Bertz CT molecular complexity index is 1400. The summed E-state index contributed by atoms with van der Waals surface area (Å²) < 4.78 is 12.6. The number of aromatic nitrogens is 1. The van der Waals surface area contributed by atoms with Crippen LogP contribution in [0.25, 0.3) is 11.8 Å². The van der Waals surface area contributed by atoms with E-state index in [9.17, 15) is 14.4 Å². The van der Waals surface area contributed by atoms with E-state index in [0.29, 0.717) is 22.2 Å². The number of anilines is 1. The Labute approximate surface area is 210 Å². The van der Waals surface area contributed by atoms with Gasteiger partial charge >= 0.3 is 0 Å². The minimum atomic E-state index is -0.503. The summed E-state index contributed by atoms with van der Waals surface area (Å²) in [6, 6.07) is 14.4. The molecular weight excluding hydrogens is 490 g/mol. The number of rotatable bonds is 5. The maximum atomic E-state index is 13.0. The molecule has 3 aromatic rings. The van der Waals surface area contributed by atoms with E-state index in [1.807, 2.05) is 48.7 Å². The van der Waals surface area contributed by atoms with Gasteiger partial charge in [-0.05, 0) is 79.7 Å². The van der Waals surface area contributed by atoms with E-state index in [0.717, 1.165) is 39.3 Å². The fourth-order valence-electron chi connectivity index (χ4n) is 4.02. The van der Waals surface area contributed by atoms with Crippen molar-refractivity contribution in [1.29, 1.82) is 0 Å². The van der Waals surface area contributed by atoms with Gasteiger partial charge < -0.3 is 19.4 Å². The Morgan fingerprint density at radius 3 is 2.60 bits per heavy atom. The summed E-state index contributed by atoms with van der Waals surface area (Å²) in [7, 11) is 0. The number of aryl methyl sites for hydroxylation is 1. The first-order chi connectivity index (χ1) is 16.8. The van der Waals surface area contributed by atoms with E-state index in [-0.39, 0.29) is 18.2 Å². The maximum absolute atomic E-state index is 13.0. The molecule has 5 rings (SSSR count). The number of hydrogen-bond acceptors (Lipinski definition) is 6. The molecule has 3 heterocycles. The van der Waals surface area contributed by atoms with E-state index in [1.54, 1.807) is 24.3 Å². The zero-order valence-electron chi connectivity index (χ0n) is 18.8. The van der Waals surface area contributed by atoms with E-state index in [4.69, 9.17) is 21.1 Å². The highest BCUT2D eigenvalue weighted by atomic mass is 35.5. The van der Waals surface area contributed by atoms with Crippen LogP contribution in [0.1, 0.15) is 17.0 Å². The minimum Gasteiger partial charge on any atom is -0.454 e. The number of halogens is 1. The van der Waals surface area contributed by atoms with Gasteiger partial charge in [0, 0.05) is 33.9 Å². The molecule has 10 heteroatoms. The van der Waals surface area contributed by atoms with Crippen molar-refractivity contribution in [2.24, 2.45) is 0 Å². The molecule has 0 bridgehead atoms. The summed E-state index contributed by atoms with van der Waals surface area (Å²) >= 11 is 6.83. The second-order valence-corrected chi connectivity index (χ2v) is 9.45. The third-order valence-electron chi connectivity index (χ3n) is 5.67. The molecule has 0 atom stereocenters. The Kier molecular flexibility index (Phi) is 6.04. The molecule has 35 heavy (non-hydrogen) atoms. The summed E-state index contributed by atoms with van der Waals surface area (Å²) in [6.07, 6.45) is 1.69. The Morgan fingerprint density at radius 2 is 1.83 bits per heavy atom. The van der Waals surface area contributed by atoms with Crippen LogP contribution in [0.3, 0.4) is 0 Å². The topological polar surface area (TPSA) is 89.9 Å². The van der Waals surface area contributed by atoms with Crippen molar-refractivity contribution in [1.82, 2.24) is 9.47 Å². The van der Waals surface area contributed by atoms with Crippen molar-refractivity contribution < 1.29 is 23.9 Å². The van der Waals surface area contributed by atoms with Gasteiger partial charge in [0.15, 0.2) is 11.5 Å². The molecule has 2 aromatic carbocycles. The van der Waals surface area contributed by atoms with Crippen LogP contribution in [0.2, 0.25) is 5.02 Å². The largest absolute Gasteiger partial charge is 0.454 e. The zero-order valence-corrected chi connectivity index (χ0v) is 20.4. The number of nitrogens with one attached hydrogen (secondary N) is 1. The lowest BCUT2D eigenvalue weighted by Crippen LogP contribution is -2.36. The average Bonchev–Trinajstić information content (AvgIpc) is 3.47. The summed E-state index contributed by atoms with van der Waals surface area (Å²) in [5.74, 6) is 0.119. The van der Waals surface area contributed by atoms with E-state index in [1.165, 1.54) is 0 Å². The van der Waals surface area contributed by atoms with Crippen LogP contribution in [0.5, 0.6) is 11.5 Å². The fraction of sp³-hybridized carbons (Fsp3) is 0.160. The van der Waals surface area contributed by atoms with Crippen LogP contribution in [-0.2, 0) is 9.59 Å². The number of imide groups is 1. The molecule has 2 aliphatic heterocycles. The zero-order chi connectivity index (χ0) is 24.7. The van der Waals surface area contributed by atoms with E-state index in [2.05, 4.69) is 5.32 Å². The van der Waals surface area contributed by atoms with Crippen molar-refractivity contribution in [3.8, 4) is 17.2 Å². The Morgan fingerprint density at radius 1 is 1.09 bits per heavy atom. The van der Waals surface area contributed by atoms with Gasteiger partial charge in [0.25, 0.3) is 11.1 Å². The lowest BCUT2D eigenvalue weighted by Gasteiger charge is -2.12. The smallest absolute Gasteiger partial charge is 0.294 e. The first kappa shape index (κ1) is 23.1. The quantitative estimate of drug-likeness (QED) is 0.478. The maximum Gasteiger partial charge on any atom is 0.294 e. The SMILES string of the molecule is Cc1cc(/C=C2/SC(=O)N(CC(=O)Nc3ccc4c(c3)OCO4)C2=O)c(C)n1-c1ccc(Cl)cc1. The first-order valence-corrected chi connectivity index (χ1v) is 11.9. The molecule has 0 radical (unpaired) electrons. The van der Waals surface area contributed by atoms with Crippen LogP contribution in [0.4, 0.5) is 10.5 Å². The highest BCUT2D eigenvalue weighted by Gasteiger charge is 2.36. The molecule has 178 valence electrons. The first-order valence-electron chi connectivity index (χ1n) is 10.7. The number of benzene rings is 2. The average molecular weight is 510 g/mol. The van der Waals surface area contributed by atoms with Gasteiger partial charge in [0.2, 0.25) is 12.7 Å². The molecule has 8 nitrogen and oxygen atoms in total. The Balaban J connectivity index is 1.31. The van der Waals surface area contributed by atoms with Crippen LogP contribution >= 0.6 is 23.4 Å². The van der Waals surface area contributed by atoms with Gasteiger partial charge in [-0.1, -0.05) is 11.6 Å². The number of thioether (sulfide) groups is 1. The molecule has 0 saturated carbocycles. The van der Waals surface area contributed by atoms with E-state index < -0.39 is 17.1 Å². The summed E-state index contributed by atoms with van der Waals surface area (Å²) in [5, 5.41) is 2.84. The number of amides is 3. The fourth-order valence-corrected chi connectivity index (χ4v) is 4.97. The van der Waals surface area contributed by atoms with Gasteiger partial charge in [-0.3, -0.25) is 19.3 Å². The van der Waals surface area contributed by atoms with Crippen molar-refractivity contribution in [3.05, 3.63) is 75.4 Å². The van der Waals surface area contributed by atoms with Crippen LogP contribution < -0.4 is 14.8 Å². The van der Waals surface area contributed by atoms with Crippen molar-refractivity contribution in [3.63, 3.8) is 0 Å². The highest BCUT2D eigenvalue weighted by Crippen LogP contribution is 2.35. The van der Waals surface area contributed by atoms with Crippen molar-refractivity contribution in [2.45, 2.75) is 13.8 Å². The molecule has 1 aromatic heterocycles. The third kappa shape index (κ3) is 4.52. The number of carbonyl (C=O) groups is 3. The lowest BCUT2D eigenvalue weighted by molar-refractivity contribution is -0.127. The molecule has 0 unspecified atom stereocenters. The monoisotopic (exact) mass is 509 g/mol. The minimum absolute atomic E-state index is 0.123. The van der Waals surface area contributed by atoms with Gasteiger partial charge in [-0.2, -0.15) is 0 Å². The number of ether oxygens (including phenoxy) is 2.